The van der Waals surface area contributed by atoms with Crippen LogP contribution in [0.4, 0.5) is 0 Å². The van der Waals surface area contributed by atoms with Crippen LogP contribution in [0.25, 0.3) is 0 Å². The monoisotopic (exact) mass is 647 g/mol. The number of esters is 1. The molecule has 0 saturated heterocycles. The van der Waals surface area contributed by atoms with Crippen LogP contribution < -0.4 is 34.9 Å². The standard InChI is InChI=1S/C33H55NO8S.Na/c1-19(2)9-8-10-22(30(38)34-15-16-43(39,40)41)28-24-17-26(37)29-31(5)13-12-25(36)20(3)23(31)11-14-32(29,6)33(24,7)18-27(28)42-21(4)35;/h19-20,23-27,29,36-37H,8-18H2,1-7H3,(H,34,38)(H,39,40,41);/q;+1/p-1/b28-22+;/t20-,23-,24-,25+,26+,27-,29?,31-,32-,33-;/m0./s1. The summed E-state index contributed by atoms with van der Waals surface area (Å²) < 4.78 is 39.7. The largest absolute Gasteiger partial charge is 1.00 e. The van der Waals surface area contributed by atoms with E-state index in [0.717, 1.165) is 37.7 Å². The summed E-state index contributed by atoms with van der Waals surface area (Å²) in [7, 11) is -4.50. The average Bonchev–Trinajstić information content (AvgIpc) is 3.14. The molecule has 4 saturated carbocycles. The van der Waals surface area contributed by atoms with Gasteiger partial charge < -0.3 is 24.8 Å². The van der Waals surface area contributed by atoms with E-state index in [0.29, 0.717) is 43.1 Å². The Morgan fingerprint density at radius 1 is 1.09 bits per heavy atom. The molecule has 1 amide bonds. The second-order valence-corrected chi connectivity index (χ2v) is 16.8. The molecule has 10 atom stereocenters. The van der Waals surface area contributed by atoms with E-state index in [-0.39, 0.29) is 76.2 Å². The molecule has 0 aromatic rings. The number of carbonyl (C=O) groups is 2. The maximum absolute atomic E-state index is 13.8. The number of hydrogen-bond donors (Lipinski definition) is 3. The zero-order valence-electron chi connectivity index (χ0n) is 28.1. The number of aliphatic hydroxyl groups is 2. The van der Waals surface area contributed by atoms with Gasteiger partial charge in [0.1, 0.15) is 6.10 Å². The van der Waals surface area contributed by atoms with Gasteiger partial charge in [-0.3, -0.25) is 9.59 Å². The van der Waals surface area contributed by atoms with Crippen LogP contribution in [0.5, 0.6) is 0 Å². The molecule has 9 nitrogen and oxygen atoms in total. The quantitative estimate of drug-likeness (QED) is 0.147. The van der Waals surface area contributed by atoms with Crippen molar-refractivity contribution in [1.29, 1.82) is 0 Å². The number of hydrogen-bond acceptors (Lipinski definition) is 8. The van der Waals surface area contributed by atoms with E-state index in [2.05, 4.69) is 46.9 Å². The summed E-state index contributed by atoms with van der Waals surface area (Å²) in [6.45, 7) is 14.3. The molecule has 0 aliphatic heterocycles. The molecule has 4 aliphatic carbocycles. The number of aliphatic hydroxyl groups excluding tert-OH is 2. The van der Waals surface area contributed by atoms with E-state index in [1.165, 1.54) is 6.92 Å². The molecule has 4 fully saturated rings. The van der Waals surface area contributed by atoms with Gasteiger partial charge in [-0.15, -0.1) is 0 Å². The molecule has 44 heavy (non-hydrogen) atoms. The minimum atomic E-state index is -4.50. The summed E-state index contributed by atoms with van der Waals surface area (Å²) in [6.07, 6.45) is 4.81. The van der Waals surface area contributed by atoms with Crippen LogP contribution in [0.1, 0.15) is 106 Å². The van der Waals surface area contributed by atoms with Crippen molar-refractivity contribution in [2.24, 2.45) is 45.8 Å². The molecule has 0 heterocycles. The van der Waals surface area contributed by atoms with Crippen LogP contribution in [0.3, 0.4) is 0 Å². The van der Waals surface area contributed by atoms with Crippen molar-refractivity contribution in [3.63, 3.8) is 0 Å². The maximum Gasteiger partial charge on any atom is 1.00 e. The maximum atomic E-state index is 13.8. The van der Waals surface area contributed by atoms with Gasteiger partial charge in [-0.05, 0) is 103 Å². The Morgan fingerprint density at radius 3 is 2.34 bits per heavy atom. The smallest absolute Gasteiger partial charge is 0.748 e. The number of nitrogens with one attached hydrogen (secondary N) is 1. The van der Waals surface area contributed by atoms with Gasteiger partial charge in [0.2, 0.25) is 5.91 Å². The molecule has 0 bridgehead atoms. The first-order chi connectivity index (χ1) is 19.9. The molecule has 4 rings (SSSR count). The Hall–Kier alpha value is -0.490. The van der Waals surface area contributed by atoms with Gasteiger partial charge in [0.25, 0.3) is 0 Å². The first-order valence-corrected chi connectivity index (χ1v) is 17.9. The van der Waals surface area contributed by atoms with Crippen molar-refractivity contribution >= 4 is 22.0 Å². The Morgan fingerprint density at radius 2 is 1.75 bits per heavy atom. The second kappa shape index (κ2) is 13.9. The minimum absolute atomic E-state index is 0. The summed E-state index contributed by atoms with van der Waals surface area (Å²) in [5, 5.41) is 25.5. The van der Waals surface area contributed by atoms with Crippen molar-refractivity contribution in [3.8, 4) is 0 Å². The Balaban J connectivity index is 0.00000529. The normalized spacial score (nSPS) is 41.1. The third-order valence-corrected chi connectivity index (χ3v) is 13.2. The summed E-state index contributed by atoms with van der Waals surface area (Å²) in [6, 6.07) is 0. The van der Waals surface area contributed by atoms with E-state index in [9.17, 15) is 32.8 Å². The van der Waals surface area contributed by atoms with E-state index >= 15 is 0 Å². The first kappa shape index (κ1) is 38.0. The first-order valence-electron chi connectivity index (χ1n) is 16.3. The fourth-order valence-electron chi connectivity index (χ4n) is 10.4. The van der Waals surface area contributed by atoms with Gasteiger partial charge in [-0.1, -0.05) is 48.0 Å². The van der Waals surface area contributed by atoms with E-state index in [1.54, 1.807) is 0 Å². The van der Waals surface area contributed by atoms with Crippen molar-refractivity contribution in [2.75, 3.05) is 12.3 Å². The molecular formula is C33H54NNaO8S. The summed E-state index contributed by atoms with van der Waals surface area (Å²) in [5.74, 6) is -0.902. The van der Waals surface area contributed by atoms with Crippen LogP contribution in [-0.2, 0) is 24.4 Å². The molecule has 0 aromatic heterocycles. The van der Waals surface area contributed by atoms with Crippen LogP contribution in [-0.4, -0.2) is 65.7 Å². The molecule has 0 aromatic carbocycles. The molecule has 1 unspecified atom stereocenters. The minimum Gasteiger partial charge on any atom is -0.748 e. The average molecular weight is 648 g/mol. The van der Waals surface area contributed by atoms with Crippen molar-refractivity contribution in [2.45, 2.75) is 125 Å². The third-order valence-electron chi connectivity index (χ3n) is 12.5. The van der Waals surface area contributed by atoms with Gasteiger partial charge >= 0.3 is 35.5 Å². The van der Waals surface area contributed by atoms with E-state index in [4.69, 9.17) is 4.74 Å². The Kier molecular flexibility index (Phi) is 12.0. The van der Waals surface area contributed by atoms with Crippen LogP contribution >= 0.6 is 0 Å². The Labute approximate surface area is 286 Å². The van der Waals surface area contributed by atoms with Gasteiger partial charge in [0.05, 0.1) is 28.1 Å². The Bertz CT molecular complexity index is 1220. The molecule has 4 aliphatic rings. The van der Waals surface area contributed by atoms with Gasteiger partial charge in [0.15, 0.2) is 0 Å². The molecular weight excluding hydrogens is 593 g/mol. The third kappa shape index (κ3) is 7.02. The second-order valence-electron chi connectivity index (χ2n) is 15.3. The number of fused-ring (bicyclic) bond motifs is 5. The van der Waals surface area contributed by atoms with Crippen molar-refractivity contribution < 1.29 is 67.1 Å². The number of ether oxygens (including phenoxy) is 1. The molecule has 3 N–H and O–H groups in total. The van der Waals surface area contributed by atoms with E-state index in [1.807, 2.05) is 0 Å². The van der Waals surface area contributed by atoms with Crippen molar-refractivity contribution in [3.05, 3.63) is 11.1 Å². The van der Waals surface area contributed by atoms with Crippen LogP contribution in [0.2, 0.25) is 0 Å². The van der Waals surface area contributed by atoms with Gasteiger partial charge in [-0.2, -0.15) is 0 Å². The molecule has 246 valence electrons. The number of carbonyl (C=O) groups excluding carboxylic acids is 2. The van der Waals surface area contributed by atoms with Crippen LogP contribution in [0.15, 0.2) is 11.1 Å². The van der Waals surface area contributed by atoms with Gasteiger partial charge in [-0.25, -0.2) is 8.42 Å². The number of rotatable bonds is 9. The fourth-order valence-corrected chi connectivity index (χ4v) is 10.7. The fraction of sp³-hybridized carbons (Fsp3) is 0.879. The van der Waals surface area contributed by atoms with Crippen molar-refractivity contribution in [1.82, 2.24) is 5.32 Å². The molecule has 0 spiro atoms. The summed E-state index contributed by atoms with van der Waals surface area (Å²) >= 11 is 0. The SMILES string of the molecule is CC(=O)O[C@H]1C[C@@]2(C)[C@@H](C[C@@H](O)C3[C@]2(C)CC[C@H]2[C@H](C)[C@H](O)CC[C@]32C)/C1=C(/CCCC(C)C)C(=O)NCCS(=O)(=O)[O-].[Na+]. The van der Waals surface area contributed by atoms with Gasteiger partial charge in [0, 0.05) is 19.0 Å². The summed E-state index contributed by atoms with van der Waals surface area (Å²) in [4.78, 5) is 26.2. The van der Waals surface area contributed by atoms with E-state index < -0.39 is 40.0 Å². The predicted octanol–water partition coefficient (Wildman–Crippen LogP) is 1.33. The zero-order chi connectivity index (χ0) is 32.1. The number of amides is 1. The van der Waals surface area contributed by atoms with Crippen LogP contribution in [0, 0.1) is 45.8 Å². The molecule has 11 heteroatoms. The summed E-state index contributed by atoms with van der Waals surface area (Å²) in [5.41, 5.74) is 0.416. The molecule has 0 radical (unpaired) electrons. The topological polar surface area (TPSA) is 153 Å². The predicted molar refractivity (Wildman–Crippen MR) is 163 cm³/mol. The zero-order valence-corrected chi connectivity index (χ0v) is 31.0.